The first-order valence-corrected chi connectivity index (χ1v) is 50.0. The van der Waals surface area contributed by atoms with Crippen LogP contribution < -0.4 is 32.7 Å². The molecule has 1 aliphatic rings. The fourth-order valence-corrected chi connectivity index (χ4v) is 18.4. The first kappa shape index (κ1) is 121. The average Bonchev–Trinajstić information content (AvgIpc) is 1.71. The van der Waals surface area contributed by atoms with E-state index in [-0.39, 0.29) is 149 Å². The van der Waals surface area contributed by atoms with E-state index in [0.717, 1.165) is 57.3 Å². The number of amides is 7. The molecule has 770 valence electrons. The monoisotopic (exact) mass is 2050 g/mol. The van der Waals surface area contributed by atoms with Gasteiger partial charge in [0, 0.05) is 118 Å². The molecule has 4 aromatic heterocycles. The third-order valence-electron chi connectivity index (χ3n) is 22.5. The van der Waals surface area contributed by atoms with Crippen molar-refractivity contribution in [1.29, 1.82) is 0 Å². The average molecular weight is 2060 g/mol. The van der Waals surface area contributed by atoms with Gasteiger partial charge in [-0.1, -0.05) is 191 Å². The number of carboxylic acid groups (broad SMARTS) is 8. The maximum absolute atomic E-state index is 12.9. The molecule has 1 saturated heterocycles. The number of nitrogens with two attached hydrogens (primary N) is 2. The number of aliphatic carboxylic acids is 4. The molecule has 1 fully saturated rings. The molecule has 0 saturated carbocycles. The van der Waals surface area contributed by atoms with Crippen LogP contribution in [0, 0.1) is 24.7 Å². The number of carboxylic acids is 4. The molecule has 7 atom stereocenters. The number of Topliss-reactive ketones (excluding diaryl/α,β-unsaturated/α-hetero) is 3. The Hall–Kier alpha value is -14.8. The summed E-state index contributed by atoms with van der Waals surface area (Å²) in [5.41, 5.74) is 22.0. The second-order valence-electron chi connectivity index (χ2n) is 33.0. The molecule has 6 aromatic carbocycles. The van der Waals surface area contributed by atoms with Crippen molar-refractivity contribution >= 4 is 154 Å². The van der Waals surface area contributed by atoms with Crippen molar-refractivity contribution in [2.75, 3.05) is 13.1 Å². The van der Waals surface area contributed by atoms with Crippen molar-refractivity contribution in [2.45, 2.75) is 206 Å². The third kappa shape index (κ3) is 47.2. The van der Waals surface area contributed by atoms with Crippen molar-refractivity contribution in [3.63, 3.8) is 0 Å². The lowest BCUT2D eigenvalue weighted by molar-refractivity contribution is -0.142. The van der Waals surface area contributed by atoms with Crippen molar-refractivity contribution in [2.24, 2.45) is 29.2 Å². The van der Waals surface area contributed by atoms with E-state index in [9.17, 15) is 67.1 Å². The van der Waals surface area contributed by atoms with Gasteiger partial charge in [-0.15, -0.1) is 45.3 Å². The molecule has 1 unspecified atom stereocenters. The summed E-state index contributed by atoms with van der Waals surface area (Å²) in [4.78, 5) is 210. The van der Waals surface area contributed by atoms with Gasteiger partial charge < -0.3 is 78.5 Å². The number of benzene rings is 6. The second-order valence-corrected chi connectivity index (χ2v) is 37.3. The maximum atomic E-state index is 12.9. The van der Waals surface area contributed by atoms with Crippen LogP contribution in [0.3, 0.4) is 0 Å². The zero-order valence-electron chi connectivity index (χ0n) is 80.9. The van der Waals surface area contributed by atoms with E-state index in [1.807, 2.05) is 122 Å². The molecule has 144 heavy (non-hydrogen) atoms. The molecule has 0 bridgehead atoms. The number of hydrogen-bond acceptors (Lipinski definition) is 22. The summed E-state index contributed by atoms with van der Waals surface area (Å²) >= 11 is 6.86. The standard InChI is InChI=1S/C29H32N2O5S.C26H27NO4S.C24H30N2O5S.C24H30N2O4S.4CH2O2/c1-2-23(24(32)18-22(29(30)36)13-17-28(34)35)31-27(33)16-10-19-8-11-21(12-9-19)26-15-14-25(37-26)20-6-4-3-5-7-20;1-2-22(23(28)16-19-5-3-6-20(15-19)17-26(30)31)27-25(29)13-10-18-8-11-21(12-9-18)24-7-4-14-32-24;1-3-19(20(27)14-18(24(25)31)10-13-23(29)30)26-22(28)12-7-16-5-8-17(9-6-16)21-11-4-15(2)32-21;1-2-20(24(30)26-13-3-5-18(16-26)15-23(28)29)25-22(27)12-9-17-7-10-19(11-8-17)21-6-4-14-31-21;4*2-1-3/h3-9,11-12,14-15,22-23H,2,10,13,16-18H2,1H3,(H2,30,36)(H,31,33)(H,34,35);3-9,11-12,14-15,22H,2,10,13,16-17H2,1H3,(H,27,29)(H,30,31);4-6,8-9,11,18-19H,3,7,10,12-14H2,1-2H3,(H2,25,31)(H,26,28)(H,29,30);4,6-8,10-11,14,18,20H,2-3,5,9,12-13,15-16H2,1H3,(H,25,27)(H,28,29);4*1H,(H,2,3)/t22-,23+;22-;18-,19+;18?,20-;;;;/m1010..../s1. The van der Waals surface area contributed by atoms with E-state index in [2.05, 4.69) is 106 Å². The van der Waals surface area contributed by atoms with Crippen LogP contribution in [0.15, 0.2) is 211 Å². The molecule has 0 spiro atoms. The molecule has 10 aromatic rings. The van der Waals surface area contributed by atoms with Crippen LogP contribution in [-0.4, -0.2) is 191 Å². The smallest absolute Gasteiger partial charge is 0.307 e. The Balaban J connectivity index is 0.000000386. The molecule has 11 rings (SSSR count). The van der Waals surface area contributed by atoms with E-state index < -0.39 is 71.7 Å². The fraction of sp³-hybridized carbons (Fsp3) is 0.346. The first-order chi connectivity index (χ1) is 69.0. The third-order valence-corrected chi connectivity index (χ3v) is 26.6. The normalized spacial score (nSPS) is 12.6. The SMILES string of the molecule is CC[C@H](NC(=O)CCc1ccc(-c2ccc(-c3ccccc3)s2)cc1)C(=O)C[C@@H](CCC(=O)O)C(N)=O.CC[C@H](NC(=O)CCc1ccc(-c2ccc(C)s2)cc1)C(=O)C[C@@H](CCC(=O)O)C(N)=O.CC[C@H](NC(=O)CCc1ccc(-c2cccs2)cc1)C(=O)Cc1cccc(CC(=O)O)c1.CC[C@H](NC(=O)CCc1ccc(-c2cccs2)cc1)C(=O)N1CCCC(CC(=O)O)C1.O=CO.O=CO.O=CO.O=CO. The highest BCUT2D eigenvalue weighted by Crippen LogP contribution is 2.36. The summed E-state index contributed by atoms with van der Waals surface area (Å²) < 4.78 is 0. The summed E-state index contributed by atoms with van der Waals surface area (Å²) in [7, 11) is 0. The summed E-state index contributed by atoms with van der Waals surface area (Å²) in [5.74, 6) is -8.59. The Labute approximate surface area is 852 Å². The lowest BCUT2D eigenvalue weighted by Gasteiger charge is -2.34. The predicted molar refractivity (Wildman–Crippen MR) is 553 cm³/mol. The number of ketones is 3. The number of primary amides is 2. The van der Waals surface area contributed by atoms with Crippen LogP contribution in [0.5, 0.6) is 0 Å². The number of nitrogens with zero attached hydrogens (tertiary/aromatic N) is 1. The summed E-state index contributed by atoms with van der Waals surface area (Å²) in [5, 5.41) is 78.4. The Kier molecular flexibility index (Phi) is 57.7. The predicted octanol–water partition coefficient (Wildman–Crippen LogP) is 15.8. The van der Waals surface area contributed by atoms with E-state index in [1.54, 1.807) is 88.4 Å². The molecule has 0 radical (unpaired) electrons. The van der Waals surface area contributed by atoms with E-state index in [0.29, 0.717) is 82.9 Å². The number of hydrogen-bond donors (Lipinski definition) is 14. The summed E-state index contributed by atoms with van der Waals surface area (Å²) in [6.07, 6.45) is 6.11. The van der Waals surface area contributed by atoms with Gasteiger partial charge in [-0.2, -0.15) is 0 Å². The molecular weight excluding hydrogens is 1930 g/mol. The van der Waals surface area contributed by atoms with Crippen LogP contribution in [0.2, 0.25) is 0 Å². The molecule has 16 N–H and O–H groups in total. The van der Waals surface area contributed by atoms with Gasteiger partial charge >= 0.3 is 23.9 Å². The van der Waals surface area contributed by atoms with Crippen molar-refractivity contribution in [1.82, 2.24) is 26.2 Å². The summed E-state index contributed by atoms with van der Waals surface area (Å²) in [6.45, 7) is 9.43. The Morgan fingerprint density at radius 1 is 0.375 bits per heavy atom. The van der Waals surface area contributed by atoms with Gasteiger partial charge in [0.05, 0.1) is 24.5 Å². The largest absolute Gasteiger partial charge is 0.483 e. The fourth-order valence-electron chi connectivity index (χ4n) is 15.0. The first-order valence-electron chi connectivity index (χ1n) is 46.6. The van der Waals surface area contributed by atoms with Crippen molar-refractivity contribution < 1.29 is 127 Å². The van der Waals surface area contributed by atoms with Gasteiger partial charge in [-0.25, -0.2) is 0 Å². The minimum absolute atomic E-state index is 0.00181. The number of likely N-dealkylation sites (tertiary alicyclic amines) is 1. The highest BCUT2D eigenvalue weighted by atomic mass is 32.1. The van der Waals surface area contributed by atoms with Gasteiger partial charge in [0.1, 0.15) is 6.04 Å². The molecule has 7 amide bonds. The summed E-state index contributed by atoms with van der Waals surface area (Å²) in [6, 6.07) is 63.9. The molecule has 33 nitrogen and oxygen atoms in total. The van der Waals surface area contributed by atoms with Gasteiger partial charge in [-0.05, 0) is 198 Å². The Bertz CT molecular complexity index is 5670. The zero-order valence-corrected chi connectivity index (χ0v) is 84.2. The topological polar surface area (TPSA) is 573 Å². The highest BCUT2D eigenvalue weighted by Gasteiger charge is 2.32. The van der Waals surface area contributed by atoms with E-state index >= 15 is 0 Å². The van der Waals surface area contributed by atoms with Gasteiger partial charge in [-0.3, -0.25) is 86.3 Å². The van der Waals surface area contributed by atoms with Crippen LogP contribution in [-0.2, 0) is 125 Å². The second kappa shape index (κ2) is 68.3. The van der Waals surface area contributed by atoms with Crippen LogP contribution >= 0.6 is 45.3 Å². The highest BCUT2D eigenvalue weighted by molar-refractivity contribution is 7.18. The molecule has 1 aliphatic heterocycles. The Morgan fingerprint density at radius 3 is 1.04 bits per heavy atom. The van der Waals surface area contributed by atoms with Crippen molar-refractivity contribution in [3.05, 3.63) is 249 Å². The number of carbonyl (C=O) groups is 18. The minimum Gasteiger partial charge on any atom is -0.483 e. The lowest BCUT2D eigenvalue weighted by Crippen LogP contribution is -2.51. The van der Waals surface area contributed by atoms with Crippen LogP contribution in [0.25, 0.3) is 52.2 Å². The number of piperidine rings is 1. The zero-order chi connectivity index (χ0) is 106. The van der Waals surface area contributed by atoms with E-state index in [1.165, 1.54) is 40.4 Å². The van der Waals surface area contributed by atoms with Gasteiger partial charge in [0.25, 0.3) is 25.9 Å². The van der Waals surface area contributed by atoms with Gasteiger partial charge in [0.2, 0.25) is 41.4 Å². The van der Waals surface area contributed by atoms with E-state index in [4.69, 9.17) is 71.5 Å². The Morgan fingerprint density at radius 2 is 0.715 bits per heavy atom. The number of rotatable bonds is 47. The molecule has 5 heterocycles. The minimum atomic E-state index is -1.06. The van der Waals surface area contributed by atoms with Gasteiger partial charge in [0.15, 0.2) is 17.3 Å². The lowest BCUT2D eigenvalue weighted by atomic mass is 9.92. The number of aryl methyl sites for hydroxylation is 5. The van der Waals surface area contributed by atoms with Crippen molar-refractivity contribution in [3.8, 4) is 52.2 Å². The molecule has 37 heteroatoms. The van der Waals surface area contributed by atoms with Crippen LogP contribution in [0.1, 0.15) is 175 Å². The van der Waals surface area contributed by atoms with Crippen LogP contribution in [0.4, 0.5) is 0 Å². The molecule has 0 aliphatic carbocycles. The number of nitrogens with one attached hydrogen (secondary N) is 4. The quantitative estimate of drug-likeness (QED) is 0.0158. The number of carbonyl (C=O) groups excluding carboxylic acids is 10. The maximum Gasteiger partial charge on any atom is 0.307 e. The number of thiophene rings is 4. The molecular formula is C107H127N7O26S4.